The van der Waals surface area contributed by atoms with Gasteiger partial charge in [-0.15, -0.1) is 0 Å². The molecule has 204 valence electrons. The number of aryl methyl sites for hydroxylation is 4. The molecule has 0 spiro atoms. The fourth-order valence-corrected chi connectivity index (χ4v) is 3.95. The van der Waals surface area contributed by atoms with Gasteiger partial charge in [-0.2, -0.15) is 0 Å². The standard InChI is InChI=1S/C24H28N10O5/c1-6-25-21(36)15-9-13(10-32(15)3)27-22(37)17-18(35)14(11-33(17)4)28-24(39)20-29-16(12-34(20)5)30-23(38)19-26-7-8-31(19)2/h7-12,35H,6H2,1-5H3,(H,25,36)(H,27,37)(H,28,39)(H,30,38). The predicted molar refractivity (Wildman–Crippen MR) is 141 cm³/mol. The number of carbonyl (C=O) groups excluding carboxylic acids is 4. The van der Waals surface area contributed by atoms with E-state index in [0.717, 1.165) is 0 Å². The van der Waals surface area contributed by atoms with Gasteiger partial charge in [0.25, 0.3) is 23.6 Å². The van der Waals surface area contributed by atoms with Gasteiger partial charge in [0, 0.05) is 65.7 Å². The molecule has 0 aliphatic carbocycles. The smallest absolute Gasteiger partial charge is 0.292 e. The predicted octanol–water partition coefficient (Wildman–Crippen LogP) is 1.04. The summed E-state index contributed by atoms with van der Waals surface area (Å²) in [7, 11) is 6.43. The minimum atomic E-state index is -0.683. The maximum atomic E-state index is 12.9. The Bertz CT molecular complexity index is 1590. The number of nitrogens with zero attached hydrogens (tertiary/aromatic N) is 6. The number of aromatic nitrogens is 6. The van der Waals surface area contributed by atoms with E-state index in [0.29, 0.717) is 17.9 Å². The lowest BCUT2D eigenvalue weighted by Crippen LogP contribution is -2.24. The molecule has 0 fully saturated rings. The maximum absolute atomic E-state index is 12.9. The first kappa shape index (κ1) is 26.7. The van der Waals surface area contributed by atoms with Gasteiger partial charge in [0.05, 0.1) is 5.69 Å². The first-order valence-electron chi connectivity index (χ1n) is 11.8. The molecule has 15 heteroatoms. The minimum Gasteiger partial charge on any atom is -0.504 e. The second-order valence-corrected chi connectivity index (χ2v) is 8.72. The average molecular weight is 537 g/mol. The number of amides is 4. The Hall–Kier alpha value is -5.34. The van der Waals surface area contributed by atoms with Crippen molar-refractivity contribution < 1.29 is 24.3 Å². The third-order valence-electron chi connectivity index (χ3n) is 5.80. The van der Waals surface area contributed by atoms with Gasteiger partial charge < -0.3 is 44.6 Å². The number of aromatic hydroxyl groups is 1. The molecule has 4 aromatic rings. The van der Waals surface area contributed by atoms with E-state index >= 15 is 0 Å². The van der Waals surface area contributed by atoms with Crippen molar-refractivity contribution in [3.05, 3.63) is 60.1 Å². The average Bonchev–Trinajstić information content (AvgIpc) is 3.61. The summed E-state index contributed by atoms with van der Waals surface area (Å²) < 4.78 is 5.86. The molecule has 0 bridgehead atoms. The van der Waals surface area contributed by atoms with Crippen LogP contribution in [0.1, 0.15) is 49.1 Å². The summed E-state index contributed by atoms with van der Waals surface area (Å²) in [6.45, 7) is 2.25. The van der Waals surface area contributed by atoms with Gasteiger partial charge in [0.1, 0.15) is 11.4 Å². The number of imidazole rings is 2. The van der Waals surface area contributed by atoms with Gasteiger partial charge in [-0.25, -0.2) is 9.97 Å². The molecule has 15 nitrogen and oxygen atoms in total. The van der Waals surface area contributed by atoms with Crippen LogP contribution in [0.5, 0.6) is 5.75 Å². The number of carbonyl (C=O) groups is 4. The fourth-order valence-electron chi connectivity index (χ4n) is 3.95. The van der Waals surface area contributed by atoms with Crippen molar-refractivity contribution in [2.45, 2.75) is 6.92 Å². The van der Waals surface area contributed by atoms with Crippen molar-refractivity contribution in [2.75, 3.05) is 22.5 Å². The lowest BCUT2D eigenvalue weighted by molar-refractivity contribution is 0.0945. The van der Waals surface area contributed by atoms with Crippen molar-refractivity contribution in [1.82, 2.24) is 33.6 Å². The molecule has 0 aliphatic heterocycles. The highest BCUT2D eigenvalue weighted by Crippen LogP contribution is 2.30. The van der Waals surface area contributed by atoms with Gasteiger partial charge in [0.15, 0.2) is 23.1 Å². The molecule has 4 heterocycles. The number of hydrogen-bond acceptors (Lipinski definition) is 7. The van der Waals surface area contributed by atoms with Gasteiger partial charge >= 0.3 is 0 Å². The van der Waals surface area contributed by atoms with E-state index in [4.69, 9.17) is 0 Å². The second kappa shape index (κ2) is 10.6. The van der Waals surface area contributed by atoms with Crippen LogP contribution < -0.4 is 21.3 Å². The van der Waals surface area contributed by atoms with Crippen LogP contribution >= 0.6 is 0 Å². The Labute approximate surface area is 222 Å². The molecule has 4 rings (SSSR count). The highest BCUT2D eigenvalue weighted by atomic mass is 16.3. The van der Waals surface area contributed by atoms with E-state index in [-0.39, 0.29) is 34.8 Å². The van der Waals surface area contributed by atoms with Gasteiger partial charge in [-0.05, 0) is 13.0 Å². The number of hydrogen-bond donors (Lipinski definition) is 5. The van der Waals surface area contributed by atoms with E-state index in [9.17, 15) is 24.3 Å². The summed E-state index contributed by atoms with van der Waals surface area (Å²) >= 11 is 0. The lowest BCUT2D eigenvalue weighted by atomic mass is 10.3. The molecule has 39 heavy (non-hydrogen) atoms. The summed E-state index contributed by atoms with van der Waals surface area (Å²) in [5.41, 5.74) is 0.562. The Balaban J connectivity index is 1.47. The van der Waals surface area contributed by atoms with Crippen LogP contribution in [-0.2, 0) is 28.2 Å². The van der Waals surface area contributed by atoms with Crippen molar-refractivity contribution in [2.24, 2.45) is 28.2 Å². The quantitative estimate of drug-likeness (QED) is 0.223. The van der Waals surface area contributed by atoms with Crippen molar-refractivity contribution in [3.8, 4) is 5.75 Å². The van der Waals surface area contributed by atoms with E-state index in [1.165, 1.54) is 45.4 Å². The zero-order valence-corrected chi connectivity index (χ0v) is 21.9. The molecule has 4 amide bonds. The van der Waals surface area contributed by atoms with E-state index < -0.39 is 23.5 Å². The molecule has 0 radical (unpaired) electrons. The summed E-state index contributed by atoms with van der Waals surface area (Å²) in [5.74, 6) is -2.34. The van der Waals surface area contributed by atoms with Crippen LogP contribution in [0.15, 0.2) is 37.1 Å². The van der Waals surface area contributed by atoms with Crippen LogP contribution in [0.25, 0.3) is 0 Å². The molecule has 0 saturated heterocycles. The molecule has 4 aromatic heterocycles. The van der Waals surface area contributed by atoms with Gasteiger partial charge in [0.2, 0.25) is 5.82 Å². The van der Waals surface area contributed by atoms with Crippen LogP contribution in [-0.4, -0.2) is 63.5 Å². The van der Waals surface area contributed by atoms with Crippen LogP contribution in [0.4, 0.5) is 17.2 Å². The minimum absolute atomic E-state index is 0.0229. The Morgan fingerprint density at radius 3 is 2.21 bits per heavy atom. The van der Waals surface area contributed by atoms with E-state index in [1.807, 2.05) is 0 Å². The normalized spacial score (nSPS) is 10.8. The molecule has 0 saturated carbocycles. The summed E-state index contributed by atoms with van der Waals surface area (Å²) in [6.07, 6.45) is 7.50. The Morgan fingerprint density at radius 1 is 0.821 bits per heavy atom. The van der Waals surface area contributed by atoms with E-state index in [2.05, 4.69) is 31.2 Å². The SMILES string of the molecule is CCNC(=O)c1cc(NC(=O)c2c(O)c(NC(=O)c3nc(NC(=O)c4nccn4C)cn3C)cn2C)cn1C. The molecule has 0 aromatic carbocycles. The maximum Gasteiger partial charge on any atom is 0.292 e. The molecule has 0 unspecified atom stereocenters. The zero-order chi connectivity index (χ0) is 28.4. The van der Waals surface area contributed by atoms with Crippen LogP contribution in [0, 0.1) is 0 Å². The first-order chi connectivity index (χ1) is 18.5. The first-order valence-corrected chi connectivity index (χ1v) is 11.8. The third kappa shape index (κ3) is 5.36. The molecular formula is C24H28N10O5. The van der Waals surface area contributed by atoms with Crippen molar-refractivity contribution in [1.29, 1.82) is 0 Å². The molecular weight excluding hydrogens is 508 g/mol. The van der Waals surface area contributed by atoms with E-state index in [1.54, 1.807) is 45.0 Å². The van der Waals surface area contributed by atoms with Crippen molar-refractivity contribution >= 4 is 40.8 Å². The zero-order valence-electron chi connectivity index (χ0n) is 21.9. The summed E-state index contributed by atoms with van der Waals surface area (Å²) in [4.78, 5) is 58.5. The van der Waals surface area contributed by atoms with Gasteiger partial charge in [-0.1, -0.05) is 0 Å². The number of anilines is 3. The van der Waals surface area contributed by atoms with Crippen LogP contribution in [0.3, 0.4) is 0 Å². The largest absolute Gasteiger partial charge is 0.504 e. The molecule has 0 aliphatic rings. The topological polar surface area (TPSA) is 182 Å². The number of nitrogens with one attached hydrogen (secondary N) is 4. The Kier molecular flexibility index (Phi) is 7.24. The highest BCUT2D eigenvalue weighted by Gasteiger charge is 2.24. The summed E-state index contributed by atoms with van der Waals surface area (Å²) in [6, 6.07) is 1.51. The molecule has 0 atom stereocenters. The fraction of sp³-hybridized carbons (Fsp3) is 0.250. The third-order valence-corrected chi connectivity index (χ3v) is 5.80. The lowest BCUT2D eigenvalue weighted by Gasteiger charge is -2.05. The highest BCUT2D eigenvalue weighted by molar-refractivity contribution is 6.09. The molecule has 5 N–H and O–H groups in total. The monoisotopic (exact) mass is 536 g/mol. The van der Waals surface area contributed by atoms with Crippen LogP contribution in [0.2, 0.25) is 0 Å². The second-order valence-electron chi connectivity index (χ2n) is 8.72. The Morgan fingerprint density at radius 2 is 1.54 bits per heavy atom. The summed E-state index contributed by atoms with van der Waals surface area (Å²) in [5, 5.41) is 21.2. The van der Waals surface area contributed by atoms with Crippen molar-refractivity contribution in [3.63, 3.8) is 0 Å². The van der Waals surface area contributed by atoms with Gasteiger partial charge in [-0.3, -0.25) is 19.2 Å². The number of rotatable bonds is 8.